The molecule has 0 unspecified atom stereocenters. The molecule has 41 heteroatoms. The molecule has 13 aromatic rings. The number of hydrogen-bond acceptors (Lipinski definition) is 25. The second-order valence-corrected chi connectivity index (χ2v) is 34.9. The number of aromatic nitrogens is 4. The number of nitrogens with one attached hydrogen (secondary N) is 10. The van der Waals surface area contributed by atoms with E-state index in [-0.39, 0.29) is 100 Å². The number of phenolic OH excluding ortho intramolecular Hbond substituents is 4. The maximum Gasteiger partial charge on any atom is 0.326 e. The van der Waals surface area contributed by atoms with Gasteiger partial charge in [0.25, 0.3) is 0 Å². The lowest BCUT2D eigenvalue weighted by Gasteiger charge is -2.26. The number of nitrogens with zero attached hydrogens (tertiary/aromatic N) is 3. The molecule has 0 aliphatic rings. The van der Waals surface area contributed by atoms with E-state index in [0.717, 1.165) is 47.7 Å². The van der Waals surface area contributed by atoms with Crippen molar-refractivity contribution in [1.82, 2.24) is 66.5 Å². The number of H-pyrrole nitrogens is 1. The summed E-state index contributed by atoms with van der Waals surface area (Å²) in [6, 6.07) is 54.5. The number of aromatic hydroxyl groups is 7. The van der Waals surface area contributed by atoms with Crippen molar-refractivity contribution in [3.63, 3.8) is 0 Å². The number of amides is 9. The van der Waals surface area contributed by atoms with Crippen LogP contribution < -0.4 is 81.3 Å². The van der Waals surface area contributed by atoms with Gasteiger partial charge in [-0.3, -0.25) is 57.5 Å². The number of carboxylic acid groups (broad SMARTS) is 3. The number of nitrogens with two attached hydrogens (primary N) is 3. The first-order valence-electron chi connectivity index (χ1n) is 46.5. The molecule has 0 saturated carbocycles. The number of benzene rings is 9. The summed E-state index contributed by atoms with van der Waals surface area (Å²) < 4.78 is 4.08. The van der Waals surface area contributed by atoms with Crippen LogP contribution in [0.4, 0.5) is 0 Å². The number of carbonyl (C=O) groups excluding carboxylic acids is 9. The molecule has 0 aliphatic heterocycles. The standard InChI is InChI=1S/C37H38N6O8.C35H37N5O9.C35H37N5O8/c38-27(20-43-15-14-32(45)33(46)21-43)34(47)40-29(16-22-6-2-1-3-7-22)35(48)41-30(18-24-19-39-28-9-5-4-8-26(24)28)36(49)42-31(37(50)51)17-23-10-12-25(44)13-11-23;36-26(19-40-15-14-30(43)31(44)20-40)32(45)37-27(16-21-4-2-1-3-5-21)33(46)38-28(17-22-6-10-24(41)11-7-22)34(47)39-29(35(48)49)18-23-8-12-25(42)13-9-23;36-26(20-40-16-15-30(42)31(43)21-40)32(44)37-27(17-22-7-3-1-4-8-22)33(45)38-28(18-23-9-5-2-6-10-23)34(46)39-29(35(47)48)19-24-11-13-25(41)14-12-24/h1-15,19,21,27,29-31,39,44,46H,16-18,20,38H2,(H,40,47)(H,41,48)(H,42,49)(H,50,51);1-15,20,26-29,41-42,44H,16-19,36H2,(H,37,45)(H,38,46)(H,39,47)(H,48,49);1-16,21,26-29,41,43H,17-20,36H2,(H,37,44)(H,38,45)(H,39,46)(H,47,48)/t27-,29-,30-,31-;2*26-,27-,28-,29-/m000/s1. The highest BCUT2D eigenvalue weighted by Gasteiger charge is 2.37. The minimum atomic E-state index is -1.39. The van der Waals surface area contributed by atoms with E-state index < -0.39 is 177 Å². The molecule has 0 aliphatic carbocycles. The summed E-state index contributed by atoms with van der Waals surface area (Å²) in [5, 5.41) is 122. The van der Waals surface area contributed by atoms with Crippen molar-refractivity contribution in [2.24, 2.45) is 17.2 Å². The van der Waals surface area contributed by atoms with Crippen LogP contribution in [-0.2, 0) is 135 Å². The summed E-state index contributed by atoms with van der Waals surface area (Å²) in [5.41, 5.74) is 23.1. The molecular formula is C107H112N16O25. The van der Waals surface area contributed by atoms with E-state index in [9.17, 15) is 123 Å². The zero-order valence-corrected chi connectivity index (χ0v) is 79.5. The molecule has 770 valence electrons. The predicted octanol–water partition coefficient (Wildman–Crippen LogP) is 2.75. The molecule has 4 aromatic heterocycles. The van der Waals surface area contributed by atoms with E-state index in [1.807, 2.05) is 24.3 Å². The number of fused-ring (bicyclic) bond motifs is 1. The van der Waals surface area contributed by atoms with E-state index in [0.29, 0.717) is 50.1 Å². The fraction of sp³-hybridized carbons (Fsp3) is 0.224. The quantitative estimate of drug-likeness (QED) is 0.0261. The van der Waals surface area contributed by atoms with Gasteiger partial charge in [-0.15, -0.1) is 0 Å². The minimum absolute atomic E-state index is 0.00484. The molecule has 0 saturated heterocycles. The number of phenols is 4. The monoisotopic (exact) mass is 2020 g/mol. The third-order valence-corrected chi connectivity index (χ3v) is 23.5. The third-order valence-electron chi connectivity index (χ3n) is 23.5. The van der Waals surface area contributed by atoms with Crippen molar-refractivity contribution in [2.75, 3.05) is 0 Å². The molecule has 13 rings (SSSR count). The summed E-state index contributed by atoms with van der Waals surface area (Å²) >= 11 is 0. The van der Waals surface area contributed by atoms with Gasteiger partial charge in [-0.25, -0.2) is 14.4 Å². The van der Waals surface area contributed by atoms with Crippen molar-refractivity contribution in [3.05, 3.63) is 385 Å². The van der Waals surface area contributed by atoms with Crippen LogP contribution in [0.5, 0.6) is 40.2 Å². The van der Waals surface area contributed by atoms with Gasteiger partial charge in [-0.2, -0.15) is 0 Å². The van der Waals surface area contributed by atoms with Crippen LogP contribution >= 0.6 is 0 Å². The first-order chi connectivity index (χ1) is 70.8. The SMILES string of the molecule is N[C@@H](Cn1ccc(=O)c(O)c1)C(=O)N[C@@H](Cc1ccccc1)C(=O)N[C@@H](Cc1c[nH]c2ccccc12)C(=O)N[C@@H](Cc1ccc(O)cc1)C(=O)O.N[C@@H](Cn1ccc(=O)c(O)c1)C(=O)N[C@@H](Cc1ccccc1)C(=O)N[C@@H](Cc1ccc(O)cc1)C(=O)N[C@@H](Cc1ccc(O)cc1)C(=O)O.N[C@@H](Cn1ccc(=O)c(O)c1)C(=O)N[C@@H](Cc1ccccc1)C(=O)N[C@@H](Cc1ccccc1)C(=O)N[C@@H](Cc1ccc(O)cc1)C(=O)O. The molecule has 148 heavy (non-hydrogen) atoms. The van der Waals surface area contributed by atoms with Crippen molar-refractivity contribution in [2.45, 2.75) is 150 Å². The second-order valence-electron chi connectivity index (χ2n) is 34.9. The minimum Gasteiger partial charge on any atom is -0.508 e. The zero-order chi connectivity index (χ0) is 107. The number of aromatic amines is 1. The summed E-state index contributed by atoms with van der Waals surface area (Å²) in [5.74, 6) is -12.1. The first-order valence-corrected chi connectivity index (χ1v) is 46.5. The molecule has 0 bridgehead atoms. The van der Waals surface area contributed by atoms with E-state index >= 15 is 0 Å². The molecule has 0 fully saturated rings. The summed E-state index contributed by atoms with van der Waals surface area (Å²) in [7, 11) is 0. The van der Waals surface area contributed by atoms with Crippen LogP contribution in [0.2, 0.25) is 0 Å². The Labute approximate surface area is 845 Å². The number of pyridine rings is 3. The normalized spacial score (nSPS) is 13.4. The Kier molecular flexibility index (Phi) is 39.8. The van der Waals surface area contributed by atoms with E-state index in [1.165, 1.54) is 93.0 Å². The fourth-order valence-electron chi connectivity index (χ4n) is 15.5. The zero-order valence-electron chi connectivity index (χ0n) is 79.5. The summed E-state index contributed by atoms with van der Waals surface area (Å²) in [6.45, 7) is -0.374. The van der Waals surface area contributed by atoms with Crippen molar-refractivity contribution < 1.29 is 109 Å². The van der Waals surface area contributed by atoms with Gasteiger partial charge in [0.15, 0.2) is 17.2 Å². The molecule has 0 spiro atoms. The van der Waals surface area contributed by atoms with Gasteiger partial charge in [0, 0.05) is 150 Å². The smallest absolute Gasteiger partial charge is 0.326 e. The topological polar surface area (TPSA) is 675 Å². The van der Waals surface area contributed by atoms with E-state index in [1.54, 1.807) is 164 Å². The first kappa shape index (κ1) is 110. The molecule has 12 atom stereocenters. The molecule has 4 heterocycles. The lowest BCUT2D eigenvalue weighted by molar-refractivity contribution is -0.142. The lowest BCUT2D eigenvalue weighted by Crippen LogP contribution is -2.58. The average Bonchev–Trinajstić information content (AvgIpc) is 1.69. The fourth-order valence-corrected chi connectivity index (χ4v) is 15.5. The Bertz CT molecular complexity index is 6950. The van der Waals surface area contributed by atoms with Crippen LogP contribution in [0, 0.1) is 0 Å². The largest absolute Gasteiger partial charge is 0.508 e. The van der Waals surface area contributed by atoms with Gasteiger partial charge < -0.3 is 135 Å². The second kappa shape index (κ2) is 53.5. The molecular weight excluding hydrogens is 1910 g/mol. The van der Waals surface area contributed by atoms with Crippen LogP contribution in [0.15, 0.2) is 319 Å². The maximum atomic E-state index is 14.0. The van der Waals surface area contributed by atoms with E-state index in [4.69, 9.17) is 17.2 Å². The molecule has 9 aromatic carbocycles. The van der Waals surface area contributed by atoms with Gasteiger partial charge in [0.05, 0.1) is 0 Å². The summed E-state index contributed by atoms with van der Waals surface area (Å²) in [6.07, 6.45) is 8.91. The Morgan fingerprint density at radius 3 is 0.689 bits per heavy atom. The molecule has 9 amide bonds. The van der Waals surface area contributed by atoms with Crippen LogP contribution in [-0.4, -0.2) is 213 Å². The lowest BCUT2D eigenvalue weighted by atomic mass is 10.0. The van der Waals surface area contributed by atoms with Gasteiger partial charge >= 0.3 is 17.9 Å². The number of para-hydroxylation sites is 1. The number of carboxylic acids is 3. The number of aliphatic carboxylic acids is 3. The Balaban J connectivity index is 0.000000211. The number of rotatable bonds is 45. The highest BCUT2D eigenvalue weighted by molar-refractivity contribution is 5.98. The van der Waals surface area contributed by atoms with Gasteiger partial charge in [-0.1, -0.05) is 188 Å². The molecule has 41 nitrogen and oxygen atoms in total. The van der Waals surface area contributed by atoms with Gasteiger partial charge in [-0.05, 0) is 105 Å². The van der Waals surface area contributed by atoms with Crippen LogP contribution in [0.25, 0.3) is 10.9 Å². The predicted molar refractivity (Wildman–Crippen MR) is 541 cm³/mol. The number of hydrogen-bond donors (Lipinski definition) is 23. The average molecular weight is 2020 g/mol. The highest BCUT2D eigenvalue weighted by atomic mass is 16.4. The molecule has 26 N–H and O–H groups in total. The van der Waals surface area contributed by atoms with Crippen molar-refractivity contribution in [3.8, 4) is 40.2 Å². The summed E-state index contributed by atoms with van der Waals surface area (Å²) in [4.78, 5) is 197. The van der Waals surface area contributed by atoms with E-state index in [2.05, 4.69) is 52.8 Å². The third kappa shape index (κ3) is 34.1. The van der Waals surface area contributed by atoms with Crippen LogP contribution in [0.3, 0.4) is 0 Å². The number of carbonyl (C=O) groups is 12. The Morgan fingerprint density at radius 1 is 0.250 bits per heavy atom. The van der Waals surface area contributed by atoms with Crippen molar-refractivity contribution >= 4 is 82.0 Å². The maximum absolute atomic E-state index is 14.0. The molecule has 0 radical (unpaired) electrons. The van der Waals surface area contributed by atoms with Gasteiger partial charge in [0.2, 0.25) is 69.5 Å². The Hall–Kier alpha value is -18.5. The Morgan fingerprint density at radius 2 is 0.453 bits per heavy atom. The van der Waals surface area contributed by atoms with Gasteiger partial charge in [0.1, 0.15) is 95.5 Å². The highest BCUT2D eigenvalue weighted by Crippen LogP contribution is 2.23. The van der Waals surface area contributed by atoms with Crippen molar-refractivity contribution in [1.29, 1.82) is 0 Å². The van der Waals surface area contributed by atoms with Crippen LogP contribution in [0.1, 0.15) is 50.1 Å².